The van der Waals surface area contributed by atoms with Gasteiger partial charge in [0.2, 0.25) is 0 Å². The third-order valence-electron chi connectivity index (χ3n) is 6.39. The van der Waals surface area contributed by atoms with E-state index in [-0.39, 0.29) is 5.56 Å². The number of carboxylic acids is 2. The van der Waals surface area contributed by atoms with Crippen molar-refractivity contribution in [3.8, 4) is 0 Å². The van der Waals surface area contributed by atoms with Crippen molar-refractivity contribution in [2.24, 2.45) is 7.05 Å². The predicted octanol–water partition coefficient (Wildman–Crippen LogP) is 3.44. The Labute approximate surface area is 181 Å². The molecule has 31 heavy (non-hydrogen) atoms. The zero-order valence-electron chi connectivity index (χ0n) is 18.0. The smallest absolute Gasteiger partial charge is 0.335 e. The molecular formula is C24H27N3O4. The molecule has 2 heterocycles. The maximum absolute atomic E-state index is 12.3. The Bertz CT molecular complexity index is 1160. The topological polar surface area (TPSA) is 86.0 Å². The van der Waals surface area contributed by atoms with Gasteiger partial charge in [0.05, 0.1) is 5.56 Å². The summed E-state index contributed by atoms with van der Waals surface area (Å²) in [7, 11) is 1.85. The Morgan fingerprint density at radius 3 is 2.35 bits per heavy atom. The molecule has 3 aromatic rings. The fourth-order valence-corrected chi connectivity index (χ4v) is 4.56. The molecule has 0 spiro atoms. The maximum atomic E-state index is 12.3. The summed E-state index contributed by atoms with van der Waals surface area (Å²) < 4.78 is 1.86. The molecule has 1 unspecified atom stereocenters. The van der Waals surface area contributed by atoms with Crippen molar-refractivity contribution >= 4 is 28.5 Å². The van der Waals surface area contributed by atoms with Crippen molar-refractivity contribution < 1.29 is 19.8 Å². The summed E-state index contributed by atoms with van der Waals surface area (Å²) >= 11 is 0. The van der Waals surface area contributed by atoms with Crippen LogP contribution in [-0.4, -0.2) is 57.8 Å². The van der Waals surface area contributed by atoms with Crippen LogP contribution in [0, 0.1) is 13.8 Å². The number of piperazine rings is 1. The average Bonchev–Trinajstić information content (AvgIpc) is 3.06. The number of carboxylic acid groups (broad SMARTS) is 2. The van der Waals surface area contributed by atoms with E-state index in [0.717, 1.165) is 18.6 Å². The number of benzene rings is 2. The molecule has 1 fully saturated rings. The predicted molar refractivity (Wildman–Crippen MR) is 120 cm³/mol. The molecule has 7 heteroatoms. The summed E-state index contributed by atoms with van der Waals surface area (Å²) in [5, 5.41) is 20.2. The standard InChI is InChI=1S/C24H27N3O4/c1-15-5-4-6-20(16(15)2)26-9-11-27(12-10-26)22(24(30)31)19-14-25(3)21-8-7-17(23(28)29)13-18(19)21/h4-8,13-14,22H,9-12H2,1-3H3,(H,28,29)(H,30,31). The van der Waals surface area contributed by atoms with E-state index in [4.69, 9.17) is 0 Å². The van der Waals surface area contributed by atoms with Crippen LogP contribution in [0.2, 0.25) is 0 Å². The molecule has 7 nitrogen and oxygen atoms in total. The number of carbonyl (C=O) groups is 2. The highest BCUT2D eigenvalue weighted by molar-refractivity contribution is 5.96. The van der Waals surface area contributed by atoms with Crippen LogP contribution in [0.5, 0.6) is 0 Å². The number of aliphatic carboxylic acids is 1. The lowest BCUT2D eigenvalue weighted by Gasteiger charge is -2.39. The number of aryl methyl sites for hydroxylation is 2. The van der Waals surface area contributed by atoms with E-state index in [9.17, 15) is 19.8 Å². The number of fused-ring (bicyclic) bond motifs is 1. The second kappa shape index (κ2) is 8.07. The monoisotopic (exact) mass is 421 g/mol. The molecular weight excluding hydrogens is 394 g/mol. The highest BCUT2D eigenvalue weighted by Crippen LogP contribution is 2.33. The Balaban J connectivity index is 1.64. The number of hydrogen-bond donors (Lipinski definition) is 2. The molecule has 162 valence electrons. The van der Waals surface area contributed by atoms with Gasteiger partial charge in [-0.25, -0.2) is 4.79 Å². The SMILES string of the molecule is Cc1cccc(N2CCN(C(C(=O)O)c3cn(C)c4ccc(C(=O)O)cc34)CC2)c1C. The highest BCUT2D eigenvalue weighted by atomic mass is 16.4. The molecule has 1 saturated heterocycles. The normalized spacial score (nSPS) is 15.9. The number of nitrogens with zero attached hydrogens (tertiary/aromatic N) is 3. The van der Waals surface area contributed by atoms with Crippen molar-refractivity contribution in [2.45, 2.75) is 19.9 Å². The molecule has 1 aliphatic heterocycles. The maximum Gasteiger partial charge on any atom is 0.335 e. The fourth-order valence-electron chi connectivity index (χ4n) is 4.56. The Morgan fingerprint density at radius 1 is 1.00 bits per heavy atom. The lowest BCUT2D eigenvalue weighted by molar-refractivity contribution is -0.143. The summed E-state index contributed by atoms with van der Waals surface area (Å²) in [5.74, 6) is -1.95. The fraction of sp³-hybridized carbons (Fsp3) is 0.333. The number of rotatable bonds is 5. The van der Waals surface area contributed by atoms with Gasteiger partial charge < -0.3 is 19.7 Å². The first-order valence-corrected chi connectivity index (χ1v) is 10.4. The van der Waals surface area contributed by atoms with E-state index >= 15 is 0 Å². The summed E-state index contributed by atoms with van der Waals surface area (Å²) in [6.45, 7) is 6.91. The van der Waals surface area contributed by atoms with Gasteiger partial charge in [-0.15, -0.1) is 0 Å². The molecule has 1 aliphatic rings. The second-order valence-corrected chi connectivity index (χ2v) is 8.22. The quantitative estimate of drug-likeness (QED) is 0.656. The van der Waals surface area contributed by atoms with Gasteiger partial charge in [0.1, 0.15) is 6.04 Å². The third kappa shape index (κ3) is 3.77. The Morgan fingerprint density at radius 2 is 1.71 bits per heavy atom. The lowest BCUT2D eigenvalue weighted by Crippen LogP contribution is -2.49. The first-order valence-electron chi connectivity index (χ1n) is 10.4. The van der Waals surface area contributed by atoms with Crippen molar-refractivity contribution in [1.29, 1.82) is 0 Å². The van der Waals surface area contributed by atoms with Crippen LogP contribution in [0.4, 0.5) is 5.69 Å². The van der Waals surface area contributed by atoms with Gasteiger partial charge in [-0.3, -0.25) is 9.69 Å². The molecule has 0 radical (unpaired) electrons. The minimum atomic E-state index is -1.02. The third-order valence-corrected chi connectivity index (χ3v) is 6.39. The van der Waals surface area contributed by atoms with Gasteiger partial charge in [-0.2, -0.15) is 0 Å². The van der Waals surface area contributed by atoms with Gasteiger partial charge in [0, 0.05) is 61.6 Å². The van der Waals surface area contributed by atoms with Crippen molar-refractivity contribution in [3.05, 3.63) is 64.8 Å². The van der Waals surface area contributed by atoms with Crippen LogP contribution in [-0.2, 0) is 11.8 Å². The molecule has 2 aromatic carbocycles. The first kappa shape index (κ1) is 20.9. The van der Waals surface area contributed by atoms with Crippen LogP contribution in [0.3, 0.4) is 0 Å². The summed E-state index contributed by atoms with van der Waals surface area (Å²) in [4.78, 5) is 28.1. The van der Waals surface area contributed by atoms with Gasteiger partial charge in [-0.05, 0) is 49.2 Å². The lowest BCUT2D eigenvalue weighted by atomic mass is 10.0. The Kier molecular flexibility index (Phi) is 5.45. The summed E-state index contributed by atoms with van der Waals surface area (Å²) in [6.07, 6.45) is 1.81. The van der Waals surface area contributed by atoms with E-state index < -0.39 is 18.0 Å². The number of anilines is 1. The minimum absolute atomic E-state index is 0.156. The van der Waals surface area contributed by atoms with Crippen LogP contribution >= 0.6 is 0 Å². The summed E-state index contributed by atoms with van der Waals surface area (Å²) in [5.41, 5.74) is 5.30. The molecule has 0 saturated carbocycles. The van der Waals surface area contributed by atoms with Crippen LogP contribution in [0.15, 0.2) is 42.6 Å². The zero-order chi connectivity index (χ0) is 22.3. The van der Waals surface area contributed by atoms with Crippen molar-refractivity contribution in [2.75, 3.05) is 31.1 Å². The van der Waals surface area contributed by atoms with E-state index in [1.807, 2.05) is 22.7 Å². The van der Waals surface area contributed by atoms with Crippen molar-refractivity contribution in [3.63, 3.8) is 0 Å². The highest BCUT2D eigenvalue weighted by Gasteiger charge is 2.33. The average molecular weight is 421 g/mol. The molecule has 1 atom stereocenters. The van der Waals surface area contributed by atoms with Crippen LogP contribution in [0.1, 0.15) is 33.1 Å². The largest absolute Gasteiger partial charge is 0.480 e. The number of aromatic nitrogens is 1. The van der Waals surface area contributed by atoms with Gasteiger partial charge in [0.15, 0.2) is 0 Å². The number of hydrogen-bond acceptors (Lipinski definition) is 4. The van der Waals surface area contributed by atoms with E-state index in [2.05, 4.69) is 36.9 Å². The van der Waals surface area contributed by atoms with Crippen LogP contribution < -0.4 is 4.90 Å². The minimum Gasteiger partial charge on any atom is -0.480 e. The van der Waals surface area contributed by atoms with Gasteiger partial charge in [0.25, 0.3) is 0 Å². The molecule has 0 amide bonds. The zero-order valence-corrected chi connectivity index (χ0v) is 18.0. The molecule has 4 rings (SSSR count). The molecule has 1 aromatic heterocycles. The van der Waals surface area contributed by atoms with Crippen LogP contribution in [0.25, 0.3) is 10.9 Å². The Hall–Kier alpha value is -3.32. The first-order chi connectivity index (χ1) is 14.8. The molecule has 2 N–H and O–H groups in total. The number of aromatic carboxylic acids is 1. The van der Waals surface area contributed by atoms with E-state index in [1.54, 1.807) is 18.2 Å². The van der Waals surface area contributed by atoms with Gasteiger partial charge >= 0.3 is 11.9 Å². The van der Waals surface area contributed by atoms with Gasteiger partial charge in [-0.1, -0.05) is 12.1 Å². The second-order valence-electron chi connectivity index (χ2n) is 8.22. The van der Waals surface area contributed by atoms with E-state index in [1.165, 1.54) is 16.8 Å². The molecule has 0 aliphatic carbocycles. The summed E-state index contributed by atoms with van der Waals surface area (Å²) in [6, 6.07) is 10.3. The van der Waals surface area contributed by atoms with E-state index in [0.29, 0.717) is 24.0 Å². The van der Waals surface area contributed by atoms with Crippen molar-refractivity contribution in [1.82, 2.24) is 9.47 Å². The molecule has 0 bridgehead atoms.